The molecule has 0 aromatic rings. The van der Waals surface area contributed by atoms with Crippen LogP contribution in [0.25, 0.3) is 0 Å². The highest BCUT2D eigenvalue weighted by molar-refractivity contribution is 5.82. The van der Waals surface area contributed by atoms with E-state index in [1.807, 2.05) is 20.8 Å². The molecular formula is C13H24N2O3. The van der Waals surface area contributed by atoms with E-state index in [1.165, 1.54) is 0 Å². The van der Waals surface area contributed by atoms with Gasteiger partial charge in [0.1, 0.15) is 0 Å². The number of aliphatic hydroxyl groups is 1. The first kappa shape index (κ1) is 15.0. The Hall–Kier alpha value is -1.10. The van der Waals surface area contributed by atoms with E-state index in [-0.39, 0.29) is 42.7 Å². The van der Waals surface area contributed by atoms with E-state index in [0.717, 1.165) is 6.42 Å². The zero-order valence-corrected chi connectivity index (χ0v) is 11.4. The standard InChI is InChI=1S/C13H24N2O3/c1-8(2)11(7-16)15-12(17)4-5-14-13(18)10-6-9(10)3/h8-11,16H,4-7H2,1-3H3,(H,14,18)(H,15,17)/t9?,10?,11-/m1/s1. The maximum Gasteiger partial charge on any atom is 0.223 e. The van der Waals surface area contributed by atoms with Gasteiger partial charge in [-0.05, 0) is 18.3 Å². The average Bonchev–Trinajstić information content (AvgIpc) is 3.02. The lowest BCUT2D eigenvalue weighted by molar-refractivity contribution is -0.123. The van der Waals surface area contributed by atoms with Gasteiger partial charge in [0.05, 0.1) is 12.6 Å². The number of amides is 2. The molecule has 3 atom stereocenters. The second kappa shape index (κ2) is 6.73. The third-order valence-electron chi connectivity index (χ3n) is 3.45. The second-order valence-corrected chi connectivity index (χ2v) is 5.46. The van der Waals surface area contributed by atoms with Crippen LogP contribution >= 0.6 is 0 Å². The smallest absolute Gasteiger partial charge is 0.223 e. The molecule has 18 heavy (non-hydrogen) atoms. The molecule has 1 aliphatic rings. The quantitative estimate of drug-likeness (QED) is 0.612. The summed E-state index contributed by atoms with van der Waals surface area (Å²) in [5.74, 6) is 0.748. The lowest BCUT2D eigenvalue weighted by atomic mass is 10.1. The Morgan fingerprint density at radius 3 is 2.44 bits per heavy atom. The third-order valence-corrected chi connectivity index (χ3v) is 3.45. The van der Waals surface area contributed by atoms with Crippen LogP contribution in [0.15, 0.2) is 0 Å². The maximum absolute atomic E-state index is 11.6. The van der Waals surface area contributed by atoms with E-state index in [4.69, 9.17) is 5.11 Å². The van der Waals surface area contributed by atoms with Gasteiger partial charge in [-0.1, -0.05) is 20.8 Å². The predicted molar refractivity (Wildman–Crippen MR) is 68.8 cm³/mol. The highest BCUT2D eigenvalue weighted by atomic mass is 16.3. The Labute approximate surface area is 108 Å². The molecular weight excluding hydrogens is 232 g/mol. The van der Waals surface area contributed by atoms with Crippen molar-refractivity contribution in [3.05, 3.63) is 0 Å². The molecule has 0 radical (unpaired) electrons. The molecule has 0 bridgehead atoms. The van der Waals surface area contributed by atoms with Gasteiger partial charge in [-0.15, -0.1) is 0 Å². The SMILES string of the molecule is CC1CC1C(=O)NCCC(=O)N[C@H](CO)C(C)C. The number of hydrogen-bond donors (Lipinski definition) is 3. The van der Waals surface area contributed by atoms with E-state index in [2.05, 4.69) is 10.6 Å². The largest absolute Gasteiger partial charge is 0.394 e. The van der Waals surface area contributed by atoms with E-state index in [9.17, 15) is 9.59 Å². The summed E-state index contributed by atoms with van der Waals surface area (Å²) in [6.45, 7) is 6.24. The summed E-state index contributed by atoms with van der Waals surface area (Å²) in [5, 5.41) is 14.6. The highest BCUT2D eigenvalue weighted by Crippen LogP contribution is 2.37. The van der Waals surface area contributed by atoms with Crippen LogP contribution in [0.5, 0.6) is 0 Å². The number of carbonyl (C=O) groups is 2. The predicted octanol–water partition coefficient (Wildman–Crippen LogP) is 0.282. The monoisotopic (exact) mass is 256 g/mol. The fourth-order valence-corrected chi connectivity index (χ4v) is 1.82. The fourth-order valence-electron chi connectivity index (χ4n) is 1.82. The molecule has 1 saturated carbocycles. The summed E-state index contributed by atoms with van der Waals surface area (Å²) in [6, 6.07) is -0.211. The molecule has 0 heterocycles. The van der Waals surface area contributed by atoms with Crippen molar-refractivity contribution in [2.24, 2.45) is 17.8 Å². The van der Waals surface area contributed by atoms with Crippen LogP contribution in [0.2, 0.25) is 0 Å². The molecule has 0 aliphatic heterocycles. The van der Waals surface area contributed by atoms with Crippen LogP contribution in [0.3, 0.4) is 0 Å². The first-order valence-electron chi connectivity index (χ1n) is 6.63. The summed E-state index contributed by atoms with van der Waals surface area (Å²) in [7, 11) is 0. The number of carbonyl (C=O) groups excluding carboxylic acids is 2. The molecule has 104 valence electrons. The van der Waals surface area contributed by atoms with Crippen LogP contribution in [0, 0.1) is 17.8 Å². The third kappa shape index (κ3) is 4.64. The Balaban J connectivity index is 2.15. The van der Waals surface area contributed by atoms with Gasteiger partial charge >= 0.3 is 0 Å². The Morgan fingerprint density at radius 2 is 2.00 bits per heavy atom. The zero-order valence-electron chi connectivity index (χ0n) is 11.4. The van der Waals surface area contributed by atoms with Crippen molar-refractivity contribution in [2.45, 2.75) is 39.7 Å². The number of nitrogens with one attached hydrogen (secondary N) is 2. The molecule has 0 aromatic heterocycles. The normalized spacial score (nSPS) is 23.6. The van der Waals surface area contributed by atoms with E-state index in [1.54, 1.807) is 0 Å². The Bertz CT molecular complexity index is 305. The van der Waals surface area contributed by atoms with Crippen molar-refractivity contribution < 1.29 is 14.7 Å². The van der Waals surface area contributed by atoms with Crippen molar-refractivity contribution in [1.82, 2.24) is 10.6 Å². The molecule has 1 fully saturated rings. The summed E-state index contributed by atoms with van der Waals surface area (Å²) >= 11 is 0. The van der Waals surface area contributed by atoms with Gasteiger partial charge in [-0.3, -0.25) is 9.59 Å². The molecule has 1 rings (SSSR count). The van der Waals surface area contributed by atoms with Gasteiger partial charge in [-0.25, -0.2) is 0 Å². The molecule has 2 unspecified atom stereocenters. The molecule has 3 N–H and O–H groups in total. The second-order valence-electron chi connectivity index (χ2n) is 5.46. The van der Waals surface area contributed by atoms with Gasteiger partial charge in [0.15, 0.2) is 0 Å². The number of aliphatic hydroxyl groups excluding tert-OH is 1. The van der Waals surface area contributed by atoms with Gasteiger partial charge in [0.2, 0.25) is 11.8 Å². The molecule has 2 amide bonds. The minimum atomic E-state index is -0.211. The highest BCUT2D eigenvalue weighted by Gasteiger charge is 2.38. The fraction of sp³-hybridized carbons (Fsp3) is 0.846. The lowest BCUT2D eigenvalue weighted by Crippen LogP contribution is -2.42. The molecule has 5 heteroatoms. The molecule has 0 spiro atoms. The molecule has 5 nitrogen and oxygen atoms in total. The number of rotatable bonds is 7. The van der Waals surface area contributed by atoms with Crippen LogP contribution in [0.4, 0.5) is 0 Å². The first-order valence-corrected chi connectivity index (χ1v) is 6.63. The Morgan fingerprint density at radius 1 is 1.39 bits per heavy atom. The van der Waals surface area contributed by atoms with Gasteiger partial charge in [0, 0.05) is 18.9 Å². The van der Waals surface area contributed by atoms with Crippen LogP contribution in [0.1, 0.15) is 33.6 Å². The molecule has 0 saturated heterocycles. The van der Waals surface area contributed by atoms with Crippen molar-refractivity contribution >= 4 is 11.8 Å². The van der Waals surface area contributed by atoms with Gasteiger partial charge < -0.3 is 15.7 Å². The minimum absolute atomic E-state index is 0.0536. The minimum Gasteiger partial charge on any atom is -0.394 e. The van der Waals surface area contributed by atoms with Crippen molar-refractivity contribution in [1.29, 1.82) is 0 Å². The van der Waals surface area contributed by atoms with Crippen molar-refractivity contribution in [3.63, 3.8) is 0 Å². The van der Waals surface area contributed by atoms with Crippen molar-refractivity contribution in [2.75, 3.05) is 13.2 Å². The molecule has 1 aliphatic carbocycles. The van der Waals surface area contributed by atoms with Crippen molar-refractivity contribution in [3.8, 4) is 0 Å². The lowest BCUT2D eigenvalue weighted by Gasteiger charge is -2.19. The summed E-state index contributed by atoms with van der Waals surface area (Å²) in [6.07, 6.45) is 1.22. The molecule has 0 aromatic carbocycles. The first-order chi connectivity index (χ1) is 8.45. The van der Waals surface area contributed by atoms with E-state index >= 15 is 0 Å². The van der Waals surface area contributed by atoms with Gasteiger partial charge in [-0.2, -0.15) is 0 Å². The van der Waals surface area contributed by atoms with E-state index in [0.29, 0.717) is 12.5 Å². The summed E-state index contributed by atoms with van der Waals surface area (Å²) in [4.78, 5) is 23.1. The Kier molecular flexibility index (Phi) is 5.59. The number of hydrogen-bond acceptors (Lipinski definition) is 3. The summed E-state index contributed by atoms with van der Waals surface area (Å²) < 4.78 is 0. The summed E-state index contributed by atoms with van der Waals surface area (Å²) in [5.41, 5.74) is 0. The zero-order chi connectivity index (χ0) is 13.7. The van der Waals surface area contributed by atoms with Gasteiger partial charge in [0.25, 0.3) is 0 Å². The maximum atomic E-state index is 11.6. The van der Waals surface area contributed by atoms with Crippen LogP contribution < -0.4 is 10.6 Å². The topological polar surface area (TPSA) is 78.4 Å². The average molecular weight is 256 g/mol. The van der Waals surface area contributed by atoms with E-state index < -0.39 is 0 Å². The van der Waals surface area contributed by atoms with Crippen LogP contribution in [-0.4, -0.2) is 36.1 Å². The van der Waals surface area contributed by atoms with Crippen LogP contribution in [-0.2, 0) is 9.59 Å².